The van der Waals surface area contributed by atoms with Gasteiger partial charge in [-0.05, 0) is 30.9 Å². The first-order valence-corrected chi connectivity index (χ1v) is 9.32. The molecule has 128 valence electrons. The third-order valence-corrected chi connectivity index (χ3v) is 5.04. The number of hydrogen-bond acceptors (Lipinski definition) is 6. The minimum absolute atomic E-state index is 0.400. The molecule has 1 aliphatic rings. The second-order valence-electron chi connectivity index (χ2n) is 6.22. The zero-order valence-electron chi connectivity index (χ0n) is 13.7. The molecule has 1 fully saturated rings. The summed E-state index contributed by atoms with van der Waals surface area (Å²) in [4.78, 5) is 12.3. The van der Waals surface area contributed by atoms with E-state index in [0.29, 0.717) is 10.9 Å². The average molecular weight is 352 g/mol. The Morgan fingerprint density at radius 3 is 3.04 bits per heavy atom. The van der Waals surface area contributed by atoms with Gasteiger partial charge in [0.25, 0.3) is 0 Å². The Morgan fingerprint density at radius 2 is 2.24 bits per heavy atom. The van der Waals surface area contributed by atoms with E-state index in [9.17, 15) is 0 Å². The first kappa shape index (κ1) is 16.1. The summed E-state index contributed by atoms with van der Waals surface area (Å²) in [6, 6.07) is 5.94. The van der Waals surface area contributed by atoms with Gasteiger partial charge < -0.3 is 16.0 Å². The monoisotopic (exact) mass is 352 g/mol. The van der Waals surface area contributed by atoms with Crippen LogP contribution in [0.3, 0.4) is 0 Å². The fraction of sp³-hybridized carbons (Fsp3) is 0.278. The molecule has 0 bridgehead atoms. The van der Waals surface area contributed by atoms with E-state index in [0.717, 1.165) is 46.0 Å². The van der Waals surface area contributed by atoms with Gasteiger partial charge in [-0.2, -0.15) is 0 Å². The van der Waals surface area contributed by atoms with E-state index in [2.05, 4.69) is 15.3 Å². The second kappa shape index (κ2) is 6.85. The first-order valence-electron chi connectivity index (χ1n) is 8.34. The van der Waals surface area contributed by atoms with Crippen LogP contribution < -0.4 is 11.1 Å². The van der Waals surface area contributed by atoms with Gasteiger partial charge in [0, 0.05) is 40.6 Å². The molecule has 5 N–H and O–H groups in total. The van der Waals surface area contributed by atoms with Gasteiger partial charge in [-0.1, -0.05) is 17.8 Å². The number of nitrogens with one attached hydrogen (secondary N) is 3. The molecule has 3 aromatic rings. The largest absolute Gasteiger partial charge is 0.368 e. The van der Waals surface area contributed by atoms with Gasteiger partial charge in [0.2, 0.25) is 0 Å². The Balaban J connectivity index is 1.67. The highest BCUT2D eigenvalue weighted by molar-refractivity contribution is 8.14. The normalized spacial score (nSPS) is 14.0. The molecule has 0 aliphatic heterocycles. The smallest absolute Gasteiger partial charge is 0.145 e. The molecule has 2 heterocycles. The van der Waals surface area contributed by atoms with Crippen molar-refractivity contribution < 1.29 is 0 Å². The third-order valence-electron chi connectivity index (χ3n) is 4.35. The van der Waals surface area contributed by atoms with E-state index in [-0.39, 0.29) is 0 Å². The van der Waals surface area contributed by atoms with Gasteiger partial charge in [0.1, 0.15) is 5.82 Å². The number of H-pyrrole nitrogens is 1. The van der Waals surface area contributed by atoms with Crippen LogP contribution in [0.5, 0.6) is 0 Å². The van der Waals surface area contributed by atoms with E-state index in [1.165, 1.54) is 24.6 Å². The maximum absolute atomic E-state index is 8.10. The number of nitrogens with zero attached hydrogens (tertiary/aromatic N) is 2. The number of nitrogens with two attached hydrogens (primary N) is 1. The van der Waals surface area contributed by atoms with Crippen molar-refractivity contribution in [1.82, 2.24) is 15.0 Å². The fourth-order valence-corrected chi connectivity index (χ4v) is 3.25. The van der Waals surface area contributed by atoms with Crippen LogP contribution in [0.25, 0.3) is 22.2 Å². The van der Waals surface area contributed by atoms with Crippen molar-refractivity contribution in [2.24, 2.45) is 11.7 Å². The minimum Gasteiger partial charge on any atom is -0.368 e. The maximum atomic E-state index is 8.10. The zero-order valence-corrected chi connectivity index (χ0v) is 14.6. The fourth-order valence-electron chi connectivity index (χ4n) is 2.79. The second-order valence-corrected chi connectivity index (χ2v) is 7.25. The summed E-state index contributed by atoms with van der Waals surface area (Å²) < 4.78 is 0. The molecule has 0 atom stereocenters. The molecule has 0 amide bonds. The third kappa shape index (κ3) is 3.52. The summed E-state index contributed by atoms with van der Waals surface area (Å²) in [5.41, 5.74) is 9.23. The lowest BCUT2D eigenvalue weighted by Crippen LogP contribution is -2.05. The summed E-state index contributed by atoms with van der Waals surface area (Å²) in [5, 5.41) is 13.0. The van der Waals surface area contributed by atoms with Gasteiger partial charge in [-0.3, -0.25) is 10.4 Å². The summed E-state index contributed by atoms with van der Waals surface area (Å²) in [6.45, 7) is 0.962. The van der Waals surface area contributed by atoms with Crippen LogP contribution in [0.4, 0.5) is 5.82 Å². The predicted molar refractivity (Wildman–Crippen MR) is 104 cm³/mol. The van der Waals surface area contributed by atoms with Crippen LogP contribution in [-0.4, -0.2) is 32.4 Å². The van der Waals surface area contributed by atoms with Gasteiger partial charge in [-0.25, -0.2) is 4.98 Å². The number of fused-ring (bicyclic) bond motifs is 1. The highest BCUT2D eigenvalue weighted by atomic mass is 32.2. The molecule has 1 saturated carbocycles. The molecule has 0 spiro atoms. The number of thioether (sulfide) groups is 1. The molecule has 0 radical (unpaired) electrons. The van der Waals surface area contributed by atoms with Gasteiger partial charge >= 0.3 is 0 Å². The van der Waals surface area contributed by atoms with Crippen molar-refractivity contribution in [2.45, 2.75) is 12.8 Å². The van der Waals surface area contributed by atoms with Crippen LogP contribution in [0.1, 0.15) is 18.4 Å². The lowest BCUT2D eigenvalue weighted by atomic mass is 10.1. The standard InChI is InChI=1S/C18H20N6S/c19-10-25-18(20)12-3-4-15-13(5-12)14(7-22-15)16-8-21-9-17(24-16)23-6-11-1-2-11/h3-5,7-9,11,20,22H,1-2,6,10,19H2,(H,23,24). The molecule has 0 unspecified atom stereocenters. The molecule has 25 heavy (non-hydrogen) atoms. The summed E-state index contributed by atoms with van der Waals surface area (Å²) in [5.74, 6) is 1.99. The highest BCUT2D eigenvalue weighted by Crippen LogP contribution is 2.30. The van der Waals surface area contributed by atoms with Crippen LogP contribution in [-0.2, 0) is 0 Å². The van der Waals surface area contributed by atoms with Crippen LogP contribution in [0.2, 0.25) is 0 Å². The number of aromatic amines is 1. The quantitative estimate of drug-likeness (QED) is 0.309. The highest BCUT2D eigenvalue weighted by Gasteiger charge is 2.21. The number of benzene rings is 1. The van der Waals surface area contributed by atoms with E-state index in [1.54, 1.807) is 12.4 Å². The lowest BCUT2D eigenvalue weighted by molar-refractivity contribution is 0.881. The summed E-state index contributed by atoms with van der Waals surface area (Å²) >= 11 is 1.33. The van der Waals surface area contributed by atoms with Crippen molar-refractivity contribution in [1.29, 1.82) is 5.41 Å². The summed E-state index contributed by atoms with van der Waals surface area (Å²) in [7, 11) is 0. The van der Waals surface area contributed by atoms with Crippen molar-refractivity contribution in [3.63, 3.8) is 0 Å². The van der Waals surface area contributed by atoms with Crippen molar-refractivity contribution in [3.05, 3.63) is 42.4 Å². The zero-order chi connectivity index (χ0) is 17.2. The van der Waals surface area contributed by atoms with Crippen LogP contribution in [0, 0.1) is 11.3 Å². The molecule has 4 rings (SSSR count). The van der Waals surface area contributed by atoms with Crippen LogP contribution in [0.15, 0.2) is 36.8 Å². The first-order chi connectivity index (χ1) is 12.2. The SMILES string of the molecule is N=C(SCN)c1ccc2[nH]cc(-c3cncc(NCC4CC4)n3)c2c1. The molecule has 7 heteroatoms. The Hall–Kier alpha value is -2.38. The maximum Gasteiger partial charge on any atom is 0.145 e. The Morgan fingerprint density at radius 1 is 1.36 bits per heavy atom. The number of hydrogen-bond donors (Lipinski definition) is 4. The lowest BCUT2D eigenvalue weighted by Gasteiger charge is -2.06. The molecule has 0 saturated heterocycles. The van der Waals surface area contributed by atoms with E-state index in [1.807, 2.05) is 24.4 Å². The van der Waals surface area contributed by atoms with Crippen molar-refractivity contribution in [3.8, 4) is 11.3 Å². The molecule has 2 aromatic heterocycles. The predicted octanol–water partition coefficient (Wildman–Crippen LogP) is 3.42. The molecule has 1 aliphatic carbocycles. The van der Waals surface area contributed by atoms with E-state index in [4.69, 9.17) is 16.1 Å². The Labute approximate surface area is 150 Å². The van der Waals surface area contributed by atoms with Gasteiger partial charge in [0.15, 0.2) is 0 Å². The van der Waals surface area contributed by atoms with Gasteiger partial charge in [-0.15, -0.1) is 0 Å². The number of aromatic nitrogens is 3. The topological polar surface area (TPSA) is 103 Å². The van der Waals surface area contributed by atoms with Crippen molar-refractivity contribution >= 4 is 33.5 Å². The summed E-state index contributed by atoms with van der Waals surface area (Å²) in [6.07, 6.45) is 8.09. The molecular weight excluding hydrogens is 332 g/mol. The Bertz CT molecular complexity index is 915. The average Bonchev–Trinajstić information content (AvgIpc) is 3.37. The van der Waals surface area contributed by atoms with Crippen molar-refractivity contribution in [2.75, 3.05) is 17.7 Å². The van der Waals surface area contributed by atoms with Crippen LogP contribution >= 0.6 is 11.8 Å². The van der Waals surface area contributed by atoms with E-state index >= 15 is 0 Å². The van der Waals surface area contributed by atoms with Gasteiger partial charge in [0.05, 0.1) is 23.1 Å². The minimum atomic E-state index is 0.400. The molecule has 6 nitrogen and oxygen atoms in total. The van der Waals surface area contributed by atoms with E-state index < -0.39 is 0 Å². The molecule has 1 aromatic carbocycles. The Kier molecular flexibility index (Phi) is 4.42. The number of anilines is 1. The number of rotatable bonds is 6. The molecular formula is C18H20N6S.